The van der Waals surface area contributed by atoms with Crippen molar-refractivity contribution >= 4 is 10.1 Å². The average Bonchev–Trinajstić information content (AvgIpc) is 2.61. The first-order valence-corrected chi connectivity index (χ1v) is 13.1. The molecule has 0 aliphatic carbocycles. The second-order valence-corrected chi connectivity index (χ2v) is 9.88. The molecule has 0 aromatic heterocycles. The van der Waals surface area contributed by atoms with Crippen LogP contribution in [0, 0.1) is 0 Å². The van der Waals surface area contributed by atoms with E-state index < -0.39 is 15.4 Å². The zero-order valence-corrected chi connectivity index (χ0v) is 18.8. The lowest BCUT2D eigenvalue weighted by molar-refractivity contribution is 0.147. The highest BCUT2D eigenvalue weighted by Crippen LogP contribution is 2.19. The maximum absolute atomic E-state index is 11.5. The lowest BCUT2D eigenvalue weighted by atomic mass is 10.0. The van der Waals surface area contributed by atoms with Crippen molar-refractivity contribution in [1.29, 1.82) is 0 Å². The molecule has 0 aliphatic rings. The lowest BCUT2D eigenvalue weighted by Crippen LogP contribution is -2.20. The van der Waals surface area contributed by atoms with Gasteiger partial charge in [-0.3, -0.25) is 4.55 Å². The molecule has 0 fully saturated rings. The molecule has 0 aliphatic heterocycles. The van der Waals surface area contributed by atoms with Crippen molar-refractivity contribution in [3.63, 3.8) is 0 Å². The van der Waals surface area contributed by atoms with E-state index in [1.165, 1.54) is 44.9 Å². The van der Waals surface area contributed by atoms with Crippen LogP contribution in [0.1, 0.15) is 129 Å². The quantitative estimate of drug-likeness (QED) is 0.175. The van der Waals surface area contributed by atoms with Crippen molar-refractivity contribution in [2.24, 2.45) is 0 Å². The molecule has 0 bridgehead atoms. The minimum Gasteiger partial charge on any atom is -0.393 e. The molecule has 2 atom stereocenters. The van der Waals surface area contributed by atoms with Crippen LogP contribution < -0.4 is 0 Å². The van der Waals surface area contributed by atoms with Crippen LogP contribution in [0.4, 0.5) is 0 Å². The molecule has 0 saturated carbocycles. The topological polar surface area (TPSA) is 74.6 Å². The average molecular weight is 407 g/mol. The molecule has 0 spiro atoms. The van der Waals surface area contributed by atoms with Gasteiger partial charge in [0.15, 0.2) is 0 Å². The summed E-state index contributed by atoms with van der Waals surface area (Å²) in [6, 6.07) is 0. The Morgan fingerprint density at radius 3 is 1.41 bits per heavy atom. The highest BCUT2D eigenvalue weighted by Gasteiger charge is 2.22. The van der Waals surface area contributed by atoms with Gasteiger partial charge in [0.25, 0.3) is 10.1 Å². The summed E-state index contributed by atoms with van der Waals surface area (Å²) < 4.78 is 32.4. The first-order valence-electron chi connectivity index (χ1n) is 11.6. The Morgan fingerprint density at radius 2 is 0.926 bits per heavy atom. The van der Waals surface area contributed by atoms with Gasteiger partial charge in [-0.05, 0) is 25.7 Å². The van der Waals surface area contributed by atoms with Crippen molar-refractivity contribution in [3.05, 3.63) is 0 Å². The van der Waals surface area contributed by atoms with E-state index in [2.05, 4.69) is 13.8 Å². The SMILES string of the molecule is CCCCCCCCCCC(O)CCCCC(CCCCCC)S(=O)(=O)O. The second-order valence-electron chi connectivity index (χ2n) is 8.19. The van der Waals surface area contributed by atoms with E-state index in [1.54, 1.807) is 0 Å². The molecule has 27 heavy (non-hydrogen) atoms. The van der Waals surface area contributed by atoms with Crippen molar-refractivity contribution in [2.45, 2.75) is 141 Å². The number of aliphatic hydroxyl groups is 1. The van der Waals surface area contributed by atoms with Gasteiger partial charge in [0.05, 0.1) is 11.4 Å². The van der Waals surface area contributed by atoms with Gasteiger partial charge >= 0.3 is 0 Å². The number of aliphatic hydroxyl groups excluding tert-OH is 1. The Bertz CT molecular complexity index is 409. The molecule has 5 heteroatoms. The molecule has 0 amide bonds. The summed E-state index contributed by atoms with van der Waals surface area (Å²) in [5.41, 5.74) is 0. The molecule has 4 nitrogen and oxygen atoms in total. The van der Waals surface area contributed by atoms with Crippen LogP contribution in [0.2, 0.25) is 0 Å². The van der Waals surface area contributed by atoms with Gasteiger partial charge in [0, 0.05) is 0 Å². The highest BCUT2D eigenvalue weighted by atomic mass is 32.2. The van der Waals surface area contributed by atoms with Gasteiger partial charge in [-0.2, -0.15) is 8.42 Å². The van der Waals surface area contributed by atoms with Gasteiger partial charge in [-0.25, -0.2) is 0 Å². The Balaban J connectivity index is 3.71. The lowest BCUT2D eigenvalue weighted by Gasteiger charge is -2.15. The van der Waals surface area contributed by atoms with Crippen LogP contribution in [-0.2, 0) is 10.1 Å². The van der Waals surface area contributed by atoms with Crippen molar-refractivity contribution in [2.75, 3.05) is 0 Å². The van der Waals surface area contributed by atoms with E-state index in [0.717, 1.165) is 57.8 Å². The third-order valence-corrected chi connectivity index (χ3v) is 6.82. The van der Waals surface area contributed by atoms with Crippen LogP contribution in [0.3, 0.4) is 0 Å². The zero-order valence-electron chi connectivity index (χ0n) is 18.0. The molecular weight excluding hydrogens is 360 g/mol. The standard InChI is InChI=1S/C22H46O4S/c1-3-5-7-9-10-11-12-13-17-21(23)18-15-16-20-22(27(24,25)26)19-14-8-6-4-2/h21-23H,3-20H2,1-2H3,(H,24,25,26). The largest absolute Gasteiger partial charge is 0.393 e. The fourth-order valence-electron chi connectivity index (χ4n) is 3.65. The van der Waals surface area contributed by atoms with Gasteiger partial charge < -0.3 is 5.11 Å². The normalized spacial score (nSPS) is 14.4. The van der Waals surface area contributed by atoms with Crippen LogP contribution in [0.25, 0.3) is 0 Å². The van der Waals surface area contributed by atoms with Gasteiger partial charge in [0.2, 0.25) is 0 Å². The summed E-state index contributed by atoms with van der Waals surface area (Å²) in [4.78, 5) is 0. The minimum atomic E-state index is -3.94. The molecule has 0 radical (unpaired) electrons. The highest BCUT2D eigenvalue weighted by molar-refractivity contribution is 7.86. The molecule has 0 saturated heterocycles. The van der Waals surface area contributed by atoms with Crippen molar-refractivity contribution in [3.8, 4) is 0 Å². The minimum absolute atomic E-state index is 0.265. The number of rotatable bonds is 20. The Kier molecular flexibility index (Phi) is 17.8. The molecule has 0 heterocycles. The monoisotopic (exact) mass is 406 g/mol. The summed E-state index contributed by atoms with van der Waals surface area (Å²) in [7, 11) is -3.94. The smallest absolute Gasteiger partial charge is 0.267 e. The summed E-state index contributed by atoms with van der Waals surface area (Å²) in [6.07, 6.45) is 18.3. The molecule has 0 aromatic rings. The first kappa shape index (κ1) is 26.9. The summed E-state index contributed by atoms with van der Waals surface area (Å²) in [6.45, 7) is 4.36. The second kappa shape index (κ2) is 17.9. The van der Waals surface area contributed by atoms with E-state index in [0.29, 0.717) is 12.8 Å². The predicted molar refractivity (Wildman–Crippen MR) is 116 cm³/mol. The third kappa shape index (κ3) is 17.7. The summed E-state index contributed by atoms with van der Waals surface area (Å²) in [5.74, 6) is 0. The van der Waals surface area contributed by atoms with Crippen molar-refractivity contribution in [1.82, 2.24) is 0 Å². The van der Waals surface area contributed by atoms with E-state index >= 15 is 0 Å². The van der Waals surface area contributed by atoms with E-state index in [1.807, 2.05) is 0 Å². The van der Waals surface area contributed by atoms with E-state index in [4.69, 9.17) is 0 Å². The number of hydrogen-bond acceptors (Lipinski definition) is 3. The predicted octanol–water partition coefficient (Wildman–Crippen LogP) is 6.67. The Labute approximate surface area is 169 Å². The number of unbranched alkanes of at least 4 members (excludes halogenated alkanes) is 11. The zero-order chi connectivity index (χ0) is 20.4. The Morgan fingerprint density at radius 1 is 0.593 bits per heavy atom. The van der Waals surface area contributed by atoms with Crippen LogP contribution >= 0.6 is 0 Å². The molecule has 164 valence electrons. The van der Waals surface area contributed by atoms with Gasteiger partial charge in [0.1, 0.15) is 0 Å². The van der Waals surface area contributed by atoms with Gasteiger partial charge in [-0.15, -0.1) is 0 Å². The van der Waals surface area contributed by atoms with E-state index in [9.17, 15) is 18.1 Å². The fraction of sp³-hybridized carbons (Fsp3) is 1.00. The molecule has 2 unspecified atom stereocenters. The summed E-state index contributed by atoms with van der Waals surface area (Å²) in [5, 5.41) is 9.45. The first-order chi connectivity index (χ1) is 12.9. The van der Waals surface area contributed by atoms with Gasteiger partial charge in [-0.1, -0.05) is 104 Å². The fourth-order valence-corrected chi connectivity index (χ4v) is 4.58. The van der Waals surface area contributed by atoms with Crippen molar-refractivity contribution < 1.29 is 18.1 Å². The third-order valence-electron chi connectivity index (χ3n) is 5.51. The maximum atomic E-state index is 11.5. The number of hydrogen-bond donors (Lipinski definition) is 2. The van der Waals surface area contributed by atoms with Crippen LogP contribution in [0.15, 0.2) is 0 Å². The molecule has 0 aromatic carbocycles. The maximum Gasteiger partial charge on any atom is 0.267 e. The molecular formula is C22H46O4S. The van der Waals surface area contributed by atoms with Crippen LogP contribution in [0.5, 0.6) is 0 Å². The molecule has 0 rings (SSSR count). The Hall–Kier alpha value is -0.130. The van der Waals surface area contributed by atoms with E-state index in [-0.39, 0.29) is 6.10 Å². The molecule has 2 N–H and O–H groups in total. The summed E-state index contributed by atoms with van der Waals surface area (Å²) >= 11 is 0. The van der Waals surface area contributed by atoms with Crippen LogP contribution in [-0.4, -0.2) is 29.4 Å².